The fraction of sp³-hybridized carbons (Fsp3) is 0.600. The number of piperidine rings is 1. The van der Waals surface area contributed by atoms with Gasteiger partial charge in [-0.05, 0) is 44.2 Å². The van der Waals surface area contributed by atoms with Crippen LogP contribution < -0.4 is 10.1 Å². The molecule has 0 amide bonds. The molecule has 1 fully saturated rings. The van der Waals surface area contributed by atoms with E-state index in [1.807, 2.05) is 7.05 Å². The molecule has 1 aromatic rings. The zero-order valence-electron chi connectivity index (χ0n) is 13.1. The normalized spacial score (nSPS) is 17.5. The Morgan fingerprint density at radius 3 is 2.36 bits per heavy atom. The Balaban J connectivity index is 2.00. The number of hydrogen-bond donors (Lipinski definition) is 1. The van der Waals surface area contributed by atoms with Crippen LogP contribution in [0.15, 0.2) is 29.2 Å². The molecule has 1 heterocycles. The van der Waals surface area contributed by atoms with Crippen molar-refractivity contribution in [3.8, 4) is 5.75 Å². The number of sulfonamides is 1. The quantitative estimate of drug-likeness (QED) is 0.759. The van der Waals surface area contributed by atoms with Crippen molar-refractivity contribution in [3.05, 3.63) is 24.3 Å². The fourth-order valence-corrected chi connectivity index (χ4v) is 3.95. The third-order valence-electron chi connectivity index (χ3n) is 3.88. The molecule has 0 radical (unpaired) electrons. The van der Waals surface area contributed by atoms with Crippen molar-refractivity contribution >= 4 is 10.0 Å². The van der Waals surface area contributed by atoms with E-state index in [2.05, 4.69) is 5.32 Å². The van der Waals surface area contributed by atoms with Gasteiger partial charge >= 0.3 is 0 Å². The molecule has 0 spiro atoms. The standard InChI is InChI=1S/C15H24N2O4S/c1-16-13-7-9-17(10-8-13)22(18,19)15-5-3-14(4-6-15)21-12-11-20-2/h3-6,13,16H,7-12H2,1-2H3. The maximum absolute atomic E-state index is 12.6. The van der Waals surface area contributed by atoms with Crippen molar-refractivity contribution in [1.29, 1.82) is 0 Å². The van der Waals surface area contributed by atoms with Gasteiger partial charge in [-0.1, -0.05) is 0 Å². The lowest BCUT2D eigenvalue weighted by Gasteiger charge is -2.31. The van der Waals surface area contributed by atoms with Gasteiger partial charge < -0.3 is 14.8 Å². The highest BCUT2D eigenvalue weighted by molar-refractivity contribution is 7.89. The van der Waals surface area contributed by atoms with Crippen LogP contribution in [0, 0.1) is 0 Å². The Morgan fingerprint density at radius 2 is 1.82 bits per heavy atom. The molecule has 6 nitrogen and oxygen atoms in total. The Bertz CT molecular complexity index is 551. The van der Waals surface area contributed by atoms with Gasteiger partial charge in [0.2, 0.25) is 10.0 Å². The highest BCUT2D eigenvalue weighted by Crippen LogP contribution is 2.22. The van der Waals surface area contributed by atoms with Crippen LogP contribution in [0.4, 0.5) is 0 Å². The lowest BCUT2D eigenvalue weighted by atomic mass is 10.1. The summed E-state index contributed by atoms with van der Waals surface area (Å²) in [4.78, 5) is 0.314. The molecule has 0 saturated carbocycles. The highest BCUT2D eigenvalue weighted by atomic mass is 32.2. The van der Waals surface area contributed by atoms with Gasteiger partial charge in [-0.3, -0.25) is 0 Å². The lowest BCUT2D eigenvalue weighted by molar-refractivity contribution is 0.146. The van der Waals surface area contributed by atoms with E-state index in [1.54, 1.807) is 35.7 Å². The van der Waals surface area contributed by atoms with E-state index in [0.29, 0.717) is 43.0 Å². The average Bonchev–Trinajstić information content (AvgIpc) is 2.55. The van der Waals surface area contributed by atoms with Crippen LogP contribution in [0.5, 0.6) is 5.75 Å². The van der Waals surface area contributed by atoms with Gasteiger partial charge in [-0.2, -0.15) is 4.31 Å². The van der Waals surface area contributed by atoms with Gasteiger partial charge in [-0.15, -0.1) is 0 Å². The molecule has 0 aliphatic carbocycles. The molecule has 0 unspecified atom stereocenters. The maximum atomic E-state index is 12.6. The van der Waals surface area contributed by atoms with Gasteiger partial charge in [0.1, 0.15) is 12.4 Å². The van der Waals surface area contributed by atoms with Crippen LogP contribution in [0.1, 0.15) is 12.8 Å². The number of hydrogen-bond acceptors (Lipinski definition) is 5. The summed E-state index contributed by atoms with van der Waals surface area (Å²) >= 11 is 0. The number of methoxy groups -OCH3 is 1. The molecular formula is C15H24N2O4S. The molecule has 2 rings (SSSR count). The van der Waals surface area contributed by atoms with E-state index in [-0.39, 0.29) is 0 Å². The summed E-state index contributed by atoms with van der Waals surface area (Å²) in [6.45, 7) is 2.06. The Kier molecular flexibility index (Phi) is 6.19. The molecule has 0 atom stereocenters. The van der Waals surface area contributed by atoms with Crippen LogP contribution in [0.25, 0.3) is 0 Å². The van der Waals surface area contributed by atoms with Crippen molar-refractivity contribution < 1.29 is 17.9 Å². The van der Waals surface area contributed by atoms with Gasteiger partial charge in [0.05, 0.1) is 11.5 Å². The molecular weight excluding hydrogens is 304 g/mol. The molecule has 22 heavy (non-hydrogen) atoms. The second kappa shape index (κ2) is 7.92. The second-order valence-corrected chi connectivity index (χ2v) is 7.22. The third kappa shape index (κ3) is 4.19. The monoisotopic (exact) mass is 328 g/mol. The fourth-order valence-electron chi connectivity index (χ4n) is 2.48. The first-order chi connectivity index (χ1) is 10.6. The van der Waals surface area contributed by atoms with Crippen molar-refractivity contribution in [3.63, 3.8) is 0 Å². The first kappa shape index (κ1) is 17.2. The average molecular weight is 328 g/mol. The summed E-state index contributed by atoms with van der Waals surface area (Å²) in [5.41, 5.74) is 0. The summed E-state index contributed by atoms with van der Waals surface area (Å²) in [7, 11) is 0.111. The summed E-state index contributed by atoms with van der Waals surface area (Å²) < 4.78 is 37.1. The Hall–Kier alpha value is -1.15. The second-order valence-electron chi connectivity index (χ2n) is 5.28. The van der Waals surface area contributed by atoms with Crippen LogP contribution in [0.2, 0.25) is 0 Å². The predicted molar refractivity (Wildman–Crippen MR) is 84.7 cm³/mol. The van der Waals surface area contributed by atoms with Crippen molar-refractivity contribution in [1.82, 2.24) is 9.62 Å². The van der Waals surface area contributed by atoms with E-state index >= 15 is 0 Å². The first-order valence-electron chi connectivity index (χ1n) is 7.47. The van der Waals surface area contributed by atoms with Crippen molar-refractivity contribution in [2.45, 2.75) is 23.8 Å². The van der Waals surface area contributed by atoms with Crippen molar-refractivity contribution in [2.75, 3.05) is 40.5 Å². The number of nitrogens with one attached hydrogen (secondary N) is 1. The summed E-state index contributed by atoms with van der Waals surface area (Å²) in [6, 6.07) is 6.97. The number of nitrogens with zero attached hydrogens (tertiary/aromatic N) is 1. The minimum atomic E-state index is -3.41. The molecule has 1 aromatic carbocycles. The molecule has 1 aliphatic rings. The summed E-state index contributed by atoms with van der Waals surface area (Å²) in [6.07, 6.45) is 1.68. The summed E-state index contributed by atoms with van der Waals surface area (Å²) in [5, 5.41) is 3.20. The van der Waals surface area contributed by atoms with Gasteiger partial charge in [-0.25, -0.2) is 8.42 Å². The smallest absolute Gasteiger partial charge is 0.243 e. The number of rotatable bonds is 7. The zero-order valence-corrected chi connectivity index (χ0v) is 13.9. The van der Waals surface area contributed by atoms with Crippen molar-refractivity contribution in [2.24, 2.45) is 0 Å². The highest BCUT2D eigenvalue weighted by Gasteiger charge is 2.28. The predicted octanol–water partition coefficient (Wildman–Crippen LogP) is 1.08. The molecule has 7 heteroatoms. The largest absolute Gasteiger partial charge is 0.491 e. The minimum Gasteiger partial charge on any atom is -0.491 e. The van der Waals surface area contributed by atoms with E-state index in [1.165, 1.54) is 0 Å². The van der Waals surface area contributed by atoms with Gasteiger partial charge in [0, 0.05) is 26.2 Å². The van der Waals surface area contributed by atoms with Gasteiger partial charge in [0.25, 0.3) is 0 Å². The molecule has 0 aromatic heterocycles. The Morgan fingerprint density at radius 1 is 1.18 bits per heavy atom. The first-order valence-corrected chi connectivity index (χ1v) is 8.91. The molecule has 1 saturated heterocycles. The maximum Gasteiger partial charge on any atom is 0.243 e. The number of benzene rings is 1. The molecule has 1 N–H and O–H groups in total. The third-order valence-corrected chi connectivity index (χ3v) is 5.79. The SMILES string of the molecule is CNC1CCN(S(=O)(=O)c2ccc(OCCOC)cc2)CC1. The van der Waals surface area contributed by atoms with E-state index in [9.17, 15) is 8.42 Å². The van der Waals surface area contributed by atoms with Crippen LogP contribution >= 0.6 is 0 Å². The van der Waals surface area contributed by atoms with Crippen LogP contribution in [-0.4, -0.2) is 59.2 Å². The van der Waals surface area contributed by atoms with E-state index < -0.39 is 10.0 Å². The lowest BCUT2D eigenvalue weighted by Crippen LogP contribution is -2.43. The zero-order chi connectivity index (χ0) is 16.0. The molecule has 1 aliphatic heterocycles. The Labute approximate surface area is 132 Å². The van der Waals surface area contributed by atoms with E-state index in [4.69, 9.17) is 9.47 Å². The van der Waals surface area contributed by atoms with Gasteiger partial charge in [0.15, 0.2) is 0 Å². The minimum absolute atomic E-state index is 0.314. The van der Waals surface area contributed by atoms with Crippen LogP contribution in [-0.2, 0) is 14.8 Å². The summed E-state index contributed by atoms with van der Waals surface area (Å²) in [5.74, 6) is 0.643. The van der Waals surface area contributed by atoms with Crippen LogP contribution in [0.3, 0.4) is 0 Å². The molecule has 124 valence electrons. The topological polar surface area (TPSA) is 67.9 Å². The van der Waals surface area contributed by atoms with E-state index in [0.717, 1.165) is 12.8 Å². The number of ether oxygens (including phenoxy) is 2. The molecule has 0 bridgehead atoms.